The molecule has 0 saturated heterocycles. The summed E-state index contributed by atoms with van der Waals surface area (Å²) in [6.45, 7) is 1.46. The second-order valence-electron chi connectivity index (χ2n) is 4.49. The number of benzene rings is 1. The second-order valence-corrected chi connectivity index (χ2v) is 4.49. The smallest absolute Gasteiger partial charge is 0.248 e. The molecule has 1 aromatic heterocycles. The fourth-order valence-electron chi connectivity index (χ4n) is 1.90. The van der Waals surface area contributed by atoms with Crippen LogP contribution in [-0.4, -0.2) is 16.0 Å². The lowest BCUT2D eigenvalue weighted by Crippen LogP contribution is -2.11. The lowest BCUT2D eigenvalue weighted by molar-refractivity contribution is -0.111. The van der Waals surface area contributed by atoms with E-state index in [-0.39, 0.29) is 12.4 Å². The molecule has 0 aliphatic carbocycles. The molecule has 0 aliphatic heterocycles. The van der Waals surface area contributed by atoms with Crippen molar-refractivity contribution in [2.24, 2.45) is 0 Å². The Kier molecular flexibility index (Phi) is 4.79. The first-order valence-corrected chi connectivity index (χ1v) is 6.39. The number of aliphatic hydroxyl groups is 1. The van der Waals surface area contributed by atoms with Crippen LogP contribution in [0.4, 0.5) is 10.1 Å². The number of nitrogens with one attached hydrogen (secondary N) is 1. The van der Waals surface area contributed by atoms with Crippen molar-refractivity contribution in [3.8, 4) is 0 Å². The van der Waals surface area contributed by atoms with Crippen molar-refractivity contribution in [3.63, 3.8) is 0 Å². The zero-order valence-electron chi connectivity index (χ0n) is 11.5. The van der Waals surface area contributed by atoms with E-state index in [4.69, 9.17) is 0 Å². The number of carbonyl (C=O) groups excluding carboxylic acids is 1. The number of hydrogen-bond acceptors (Lipinski definition) is 3. The molecule has 21 heavy (non-hydrogen) atoms. The first kappa shape index (κ1) is 14.9. The molecular formula is C16H15FN2O2. The van der Waals surface area contributed by atoms with E-state index in [0.29, 0.717) is 22.4 Å². The molecule has 1 aromatic carbocycles. The predicted molar refractivity (Wildman–Crippen MR) is 78.8 cm³/mol. The Balaban J connectivity index is 2.18. The van der Waals surface area contributed by atoms with Crippen molar-refractivity contribution in [2.45, 2.75) is 13.5 Å². The van der Waals surface area contributed by atoms with E-state index in [1.165, 1.54) is 24.5 Å². The fourth-order valence-corrected chi connectivity index (χ4v) is 1.90. The van der Waals surface area contributed by atoms with Gasteiger partial charge in [-0.2, -0.15) is 0 Å². The average molecular weight is 286 g/mol. The van der Waals surface area contributed by atoms with Gasteiger partial charge < -0.3 is 10.4 Å². The van der Waals surface area contributed by atoms with Gasteiger partial charge in [-0.05, 0) is 24.6 Å². The van der Waals surface area contributed by atoms with Gasteiger partial charge in [0, 0.05) is 23.4 Å². The quantitative estimate of drug-likeness (QED) is 0.850. The summed E-state index contributed by atoms with van der Waals surface area (Å²) in [5.74, 6) is -0.782. The molecule has 1 heterocycles. The standard InChI is InChI=1S/C16H15FN2O2/c1-11(13-4-2-3-5-14(13)17)8-16(21)19-15-9-18-7-6-12(15)10-20/h2-9,20H,10H2,1H3,(H,19,21)/b11-8-. The van der Waals surface area contributed by atoms with Crippen molar-refractivity contribution in [2.75, 3.05) is 5.32 Å². The van der Waals surface area contributed by atoms with Crippen LogP contribution in [0.5, 0.6) is 0 Å². The first-order valence-electron chi connectivity index (χ1n) is 6.39. The fraction of sp³-hybridized carbons (Fsp3) is 0.125. The highest BCUT2D eigenvalue weighted by atomic mass is 19.1. The maximum atomic E-state index is 13.6. The number of pyridine rings is 1. The van der Waals surface area contributed by atoms with Gasteiger partial charge in [0.05, 0.1) is 18.5 Å². The zero-order chi connectivity index (χ0) is 15.2. The molecule has 2 rings (SSSR count). The third-order valence-corrected chi connectivity index (χ3v) is 2.99. The monoisotopic (exact) mass is 286 g/mol. The van der Waals surface area contributed by atoms with Crippen LogP contribution in [0.1, 0.15) is 18.1 Å². The summed E-state index contributed by atoms with van der Waals surface area (Å²) in [6, 6.07) is 7.87. The van der Waals surface area contributed by atoms with E-state index in [1.807, 2.05) is 0 Å². The van der Waals surface area contributed by atoms with Crippen LogP contribution in [0.25, 0.3) is 5.57 Å². The second kappa shape index (κ2) is 6.76. The molecule has 0 atom stereocenters. The Morgan fingerprint density at radius 2 is 2.14 bits per heavy atom. The Labute approximate surface area is 122 Å². The summed E-state index contributed by atoms with van der Waals surface area (Å²) in [7, 11) is 0. The summed E-state index contributed by atoms with van der Waals surface area (Å²) in [4.78, 5) is 15.8. The number of halogens is 1. The average Bonchev–Trinajstić information content (AvgIpc) is 2.48. The number of anilines is 1. The van der Waals surface area contributed by atoms with Crippen molar-refractivity contribution in [3.05, 3.63) is 65.7 Å². The van der Waals surface area contributed by atoms with Crippen molar-refractivity contribution >= 4 is 17.2 Å². The van der Waals surface area contributed by atoms with Crippen LogP contribution in [0, 0.1) is 5.82 Å². The van der Waals surface area contributed by atoms with Gasteiger partial charge in [0.25, 0.3) is 0 Å². The van der Waals surface area contributed by atoms with Crippen molar-refractivity contribution < 1.29 is 14.3 Å². The summed E-state index contributed by atoms with van der Waals surface area (Å²) in [6.07, 6.45) is 4.30. The van der Waals surface area contributed by atoms with E-state index in [9.17, 15) is 14.3 Å². The highest BCUT2D eigenvalue weighted by Gasteiger charge is 2.07. The minimum absolute atomic E-state index is 0.200. The largest absolute Gasteiger partial charge is 0.392 e. The molecule has 0 fully saturated rings. The van der Waals surface area contributed by atoms with Crippen LogP contribution in [-0.2, 0) is 11.4 Å². The van der Waals surface area contributed by atoms with Gasteiger partial charge in [-0.15, -0.1) is 0 Å². The van der Waals surface area contributed by atoms with Gasteiger partial charge in [-0.25, -0.2) is 4.39 Å². The minimum Gasteiger partial charge on any atom is -0.392 e. The molecule has 0 unspecified atom stereocenters. The van der Waals surface area contributed by atoms with Gasteiger partial charge in [0.2, 0.25) is 5.91 Å². The molecule has 1 amide bonds. The zero-order valence-corrected chi connectivity index (χ0v) is 11.5. The molecule has 2 N–H and O–H groups in total. The molecule has 0 saturated carbocycles. The number of nitrogens with zero attached hydrogens (tertiary/aromatic N) is 1. The summed E-state index contributed by atoms with van der Waals surface area (Å²) in [5, 5.41) is 11.8. The van der Waals surface area contributed by atoms with E-state index in [2.05, 4.69) is 10.3 Å². The van der Waals surface area contributed by atoms with Gasteiger partial charge >= 0.3 is 0 Å². The van der Waals surface area contributed by atoms with Gasteiger partial charge in [0.1, 0.15) is 5.82 Å². The Bertz CT molecular complexity index is 683. The van der Waals surface area contributed by atoms with Crippen molar-refractivity contribution in [1.82, 2.24) is 4.98 Å². The van der Waals surface area contributed by atoms with E-state index < -0.39 is 5.91 Å². The number of carbonyl (C=O) groups is 1. The summed E-state index contributed by atoms with van der Waals surface area (Å²) < 4.78 is 13.6. The van der Waals surface area contributed by atoms with E-state index in [0.717, 1.165) is 0 Å². The number of allylic oxidation sites excluding steroid dienone is 1. The lowest BCUT2D eigenvalue weighted by Gasteiger charge is -2.08. The van der Waals surface area contributed by atoms with Crippen LogP contribution in [0.2, 0.25) is 0 Å². The highest BCUT2D eigenvalue weighted by Crippen LogP contribution is 2.18. The summed E-state index contributed by atoms with van der Waals surface area (Å²) in [5.41, 5.74) is 1.89. The van der Waals surface area contributed by atoms with Crippen LogP contribution >= 0.6 is 0 Å². The topological polar surface area (TPSA) is 62.2 Å². The summed E-state index contributed by atoms with van der Waals surface area (Å²) >= 11 is 0. The third-order valence-electron chi connectivity index (χ3n) is 2.99. The number of rotatable bonds is 4. The molecule has 4 nitrogen and oxygen atoms in total. The third kappa shape index (κ3) is 3.73. The number of amides is 1. The molecule has 0 spiro atoms. The molecular weight excluding hydrogens is 271 g/mol. The minimum atomic E-state index is -0.404. The van der Waals surface area contributed by atoms with Crippen LogP contribution < -0.4 is 5.32 Å². The molecule has 2 aromatic rings. The predicted octanol–water partition coefficient (Wildman–Crippen LogP) is 2.76. The molecule has 108 valence electrons. The lowest BCUT2D eigenvalue weighted by atomic mass is 10.1. The molecule has 0 bridgehead atoms. The van der Waals surface area contributed by atoms with E-state index in [1.54, 1.807) is 31.2 Å². The number of aliphatic hydroxyl groups excluding tert-OH is 1. The number of hydrogen-bond donors (Lipinski definition) is 2. The van der Waals surface area contributed by atoms with Gasteiger partial charge in [0.15, 0.2) is 0 Å². The Morgan fingerprint density at radius 1 is 1.38 bits per heavy atom. The number of aromatic nitrogens is 1. The van der Waals surface area contributed by atoms with Crippen LogP contribution in [0.15, 0.2) is 48.8 Å². The maximum absolute atomic E-state index is 13.6. The van der Waals surface area contributed by atoms with Gasteiger partial charge in [-0.1, -0.05) is 18.2 Å². The Hall–Kier alpha value is -2.53. The molecule has 5 heteroatoms. The van der Waals surface area contributed by atoms with Gasteiger partial charge in [-0.3, -0.25) is 9.78 Å². The first-order chi connectivity index (χ1) is 10.1. The Morgan fingerprint density at radius 3 is 2.86 bits per heavy atom. The highest BCUT2D eigenvalue weighted by molar-refractivity contribution is 6.04. The SMILES string of the molecule is C/C(=C/C(=O)Nc1cnccc1CO)c1ccccc1F. The van der Waals surface area contributed by atoms with Crippen LogP contribution in [0.3, 0.4) is 0 Å². The molecule has 0 radical (unpaired) electrons. The maximum Gasteiger partial charge on any atom is 0.248 e. The normalized spacial score (nSPS) is 11.3. The molecule has 0 aliphatic rings. The van der Waals surface area contributed by atoms with E-state index >= 15 is 0 Å². The van der Waals surface area contributed by atoms with Crippen molar-refractivity contribution in [1.29, 1.82) is 0 Å².